The number of anilines is 1. The Labute approximate surface area is 107 Å². The van der Waals surface area contributed by atoms with Crippen LogP contribution in [-0.4, -0.2) is 36.3 Å². The van der Waals surface area contributed by atoms with E-state index >= 15 is 0 Å². The Hall–Kier alpha value is -1.20. The van der Waals surface area contributed by atoms with Crippen molar-refractivity contribution in [1.82, 2.24) is 15.3 Å². The summed E-state index contributed by atoms with van der Waals surface area (Å²) in [6, 6.07) is 0.377. The first kappa shape index (κ1) is 11.9. The molecule has 2 N–H and O–H groups in total. The van der Waals surface area contributed by atoms with Gasteiger partial charge in [-0.3, -0.25) is 4.98 Å². The molecule has 0 saturated carbocycles. The number of hydrogen-bond donors (Lipinski definition) is 2. The molecule has 1 aromatic rings. The summed E-state index contributed by atoms with van der Waals surface area (Å²) in [6.45, 7) is 5.86. The number of ether oxygens (including phenoxy) is 1. The van der Waals surface area contributed by atoms with Crippen LogP contribution in [0.15, 0.2) is 12.4 Å². The molecule has 0 aliphatic carbocycles. The van der Waals surface area contributed by atoms with Gasteiger partial charge < -0.3 is 15.4 Å². The number of hydrogen-bond acceptors (Lipinski definition) is 5. The first-order valence-corrected chi connectivity index (χ1v) is 6.62. The van der Waals surface area contributed by atoms with Gasteiger partial charge in [-0.15, -0.1) is 0 Å². The molecule has 2 aliphatic heterocycles. The van der Waals surface area contributed by atoms with Gasteiger partial charge in [-0.05, 0) is 19.4 Å². The molecule has 2 fully saturated rings. The minimum Gasteiger partial charge on any atom is -0.380 e. The Morgan fingerprint density at radius 1 is 1.50 bits per heavy atom. The highest BCUT2D eigenvalue weighted by atomic mass is 16.5. The second kappa shape index (κ2) is 4.82. The van der Waals surface area contributed by atoms with Gasteiger partial charge in [0.25, 0.3) is 0 Å². The Morgan fingerprint density at radius 3 is 3.06 bits per heavy atom. The third-order valence-electron chi connectivity index (χ3n) is 3.67. The molecule has 1 atom stereocenters. The summed E-state index contributed by atoms with van der Waals surface area (Å²) in [6.07, 6.45) is 6.03. The van der Waals surface area contributed by atoms with Crippen molar-refractivity contribution in [3.05, 3.63) is 18.1 Å². The molecular formula is C13H20N4O. The van der Waals surface area contributed by atoms with Crippen molar-refractivity contribution in [3.8, 4) is 0 Å². The topological polar surface area (TPSA) is 59.1 Å². The first-order chi connectivity index (χ1) is 8.75. The molecule has 5 heteroatoms. The smallest absolute Gasteiger partial charge is 0.144 e. The Bertz CT molecular complexity index is 413. The van der Waals surface area contributed by atoms with Gasteiger partial charge in [-0.1, -0.05) is 6.92 Å². The van der Waals surface area contributed by atoms with Gasteiger partial charge in [0.05, 0.1) is 37.3 Å². The average Bonchev–Trinajstić information content (AvgIpc) is 2.88. The van der Waals surface area contributed by atoms with Crippen molar-refractivity contribution >= 4 is 5.82 Å². The van der Waals surface area contributed by atoms with Crippen molar-refractivity contribution < 1.29 is 4.74 Å². The second-order valence-electron chi connectivity index (χ2n) is 5.64. The minimum atomic E-state index is 0.253. The van der Waals surface area contributed by atoms with Gasteiger partial charge in [0, 0.05) is 12.0 Å². The maximum atomic E-state index is 5.25. The zero-order chi connectivity index (χ0) is 12.4. The molecule has 98 valence electrons. The third-order valence-corrected chi connectivity index (χ3v) is 3.67. The molecule has 2 saturated heterocycles. The lowest BCUT2D eigenvalue weighted by Gasteiger charge is -2.38. The van der Waals surface area contributed by atoms with E-state index in [4.69, 9.17) is 4.74 Å². The summed E-state index contributed by atoms with van der Waals surface area (Å²) in [7, 11) is 0. The fourth-order valence-corrected chi connectivity index (χ4v) is 2.43. The highest BCUT2D eigenvalue weighted by Gasteiger charge is 2.33. The Balaban J connectivity index is 1.63. The van der Waals surface area contributed by atoms with Crippen LogP contribution in [0.3, 0.4) is 0 Å². The molecule has 2 aliphatic rings. The number of aromatic nitrogens is 2. The van der Waals surface area contributed by atoms with Crippen LogP contribution in [0.4, 0.5) is 5.82 Å². The highest BCUT2D eigenvalue weighted by molar-refractivity contribution is 5.33. The Morgan fingerprint density at radius 2 is 2.39 bits per heavy atom. The van der Waals surface area contributed by atoms with E-state index in [1.54, 1.807) is 6.20 Å². The summed E-state index contributed by atoms with van der Waals surface area (Å²) in [4.78, 5) is 8.92. The van der Waals surface area contributed by atoms with Crippen LogP contribution < -0.4 is 10.6 Å². The van der Waals surface area contributed by atoms with Gasteiger partial charge in [0.15, 0.2) is 0 Å². The van der Waals surface area contributed by atoms with Crippen molar-refractivity contribution in [2.45, 2.75) is 25.8 Å². The second-order valence-corrected chi connectivity index (χ2v) is 5.64. The monoisotopic (exact) mass is 248 g/mol. The maximum Gasteiger partial charge on any atom is 0.144 e. The molecule has 18 heavy (non-hydrogen) atoms. The van der Waals surface area contributed by atoms with Crippen LogP contribution in [0.2, 0.25) is 0 Å². The molecule has 1 aromatic heterocycles. The van der Waals surface area contributed by atoms with E-state index in [0.29, 0.717) is 6.04 Å². The third kappa shape index (κ3) is 2.47. The molecule has 1 unspecified atom stereocenters. The zero-order valence-corrected chi connectivity index (χ0v) is 10.8. The zero-order valence-electron chi connectivity index (χ0n) is 10.8. The summed E-state index contributed by atoms with van der Waals surface area (Å²) in [5.74, 6) is 0.870. The van der Waals surface area contributed by atoms with Crippen molar-refractivity contribution in [2.75, 3.05) is 31.6 Å². The van der Waals surface area contributed by atoms with Gasteiger partial charge in [-0.2, -0.15) is 0 Å². The molecule has 0 radical (unpaired) electrons. The highest BCUT2D eigenvalue weighted by Crippen LogP contribution is 2.27. The lowest BCUT2D eigenvalue weighted by molar-refractivity contribution is -0.0924. The van der Waals surface area contributed by atoms with Crippen LogP contribution in [-0.2, 0) is 4.74 Å². The van der Waals surface area contributed by atoms with E-state index in [-0.39, 0.29) is 5.41 Å². The summed E-state index contributed by atoms with van der Waals surface area (Å²) in [5, 5.41) is 6.81. The van der Waals surface area contributed by atoms with E-state index in [2.05, 4.69) is 27.5 Å². The van der Waals surface area contributed by atoms with Gasteiger partial charge in [0.2, 0.25) is 0 Å². The normalized spacial score (nSPS) is 25.7. The number of rotatable bonds is 4. The van der Waals surface area contributed by atoms with E-state index in [9.17, 15) is 0 Å². The van der Waals surface area contributed by atoms with Crippen molar-refractivity contribution in [3.63, 3.8) is 0 Å². The number of nitrogens with one attached hydrogen (secondary N) is 2. The lowest BCUT2D eigenvalue weighted by atomic mass is 9.89. The van der Waals surface area contributed by atoms with E-state index in [1.807, 2.05) is 6.20 Å². The summed E-state index contributed by atoms with van der Waals surface area (Å²) < 4.78 is 5.25. The molecule has 3 rings (SSSR count). The molecular weight excluding hydrogens is 228 g/mol. The fraction of sp³-hybridized carbons (Fsp3) is 0.692. The summed E-state index contributed by atoms with van der Waals surface area (Å²) >= 11 is 0. The lowest BCUT2D eigenvalue weighted by Crippen LogP contribution is -2.45. The molecule has 5 nitrogen and oxygen atoms in total. The maximum absolute atomic E-state index is 5.25. The van der Waals surface area contributed by atoms with Gasteiger partial charge in [0.1, 0.15) is 5.82 Å². The number of nitrogens with zero attached hydrogens (tertiary/aromatic N) is 2. The molecule has 0 aromatic carbocycles. The largest absolute Gasteiger partial charge is 0.380 e. The Kier molecular flexibility index (Phi) is 3.18. The SMILES string of the molecule is CC1(CNc2cncc(C3CCCN3)n2)COC1. The van der Waals surface area contributed by atoms with Crippen LogP contribution in [0.25, 0.3) is 0 Å². The van der Waals surface area contributed by atoms with Gasteiger partial charge >= 0.3 is 0 Å². The van der Waals surface area contributed by atoms with Crippen LogP contribution in [0.5, 0.6) is 0 Å². The fourth-order valence-electron chi connectivity index (χ4n) is 2.43. The molecule has 3 heterocycles. The first-order valence-electron chi connectivity index (χ1n) is 6.62. The van der Waals surface area contributed by atoms with Crippen LogP contribution >= 0.6 is 0 Å². The average molecular weight is 248 g/mol. The molecule has 0 amide bonds. The molecule has 0 spiro atoms. The van der Waals surface area contributed by atoms with Gasteiger partial charge in [-0.25, -0.2) is 4.98 Å². The van der Waals surface area contributed by atoms with Crippen molar-refractivity contribution in [2.24, 2.45) is 5.41 Å². The van der Waals surface area contributed by atoms with Crippen molar-refractivity contribution in [1.29, 1.82) is 0 Å². The van der Waals surface area contributed by atoms with E-state index in [0.717, 1.165) is 44.2 Å². The van der Waals surface area contributed by atoms with E-state index < -0.39 is 0 Å². The van der Waals surface area contributed by atoms with Crippen LogP contribution in [0.1, 0.15) is 31.5 Å². The minimum absolute atomic E-state index is 0.253. The predicted octanol–water partition coefficient (Wildman–Crippen LogP) is 1.35. The van der Waals surface area contributed by atoms with Crippen LogP contribution in [0, 0.1) is 5.41 Å². The quantitative estimate of drug-likeness (QED) is 0.842. The molecule has 0 bridgehead atoms. The van der Waals surface area contributed by atoms with E-state index in [1.165, 1.54) is 6.42 Å². The predicted molar refractivity (Wildman–Crippen MR) is 69.4 cm³/mol. The summed E-state index contributed by atoms with van der Waals surface area (Å²) in [5.41, 5.74) is 1.30. The standard InChI is InChI=1S/C13H20N4O/c1-13(8-18-9-13)7-16-12-6-14-5-11(17-12)10-3-2-4-15-10/h5-6,10,15H,2-4,7-9H2,1H3,(H,16,17).